The average molecular weight is 711 g/mol. The summed E-state index contributed by atoms with van der Waals surface area (Å²) in [5, 5.41) is 13.3. The number of fused-ring (bicyclic) bond motifs is 4. The number of nitrogens with zero attached hydrogens (tertiary/aromatic N) is 4. The predicted molar refractivity (Wildman–Crippen MR) is 201 cm³/mol. The molecular weight excluding hydrogens is 658 g/mol. The van der Waals surface area contributed by atoms with Crippen molar-refractivity contribution in [2.75, 3.05) is 45.8 Å². The highest BCUT2D eigenvalue weighted by Gasteiger charge is 2.54. The molecule has 0 spiro atoms. The molecule has 0 saturated carbocycles. The van der Waals surface area contributed by atoms with Crippen LogP contribution >= 0.6 is 0 Å². The number of nitrogen functional groups attached to an aromatic ring is 1. The number of rotatable bonds is 17. The summed E-state index contributed by atoms with van der Waals surface area (Å²) >= 11 is 0. The zero-order valence-electron chi connectivity index (χ0n) is 30.8. The first kappa shape index (κ1) is 37.0. The third-order valence-corrected chi connectivity index (χ3v) is 11.0. The van der Waals surface area contributed by atoms with Crippen LogP contribution in [0.25, 0.3) is 10.9 Å². The van der Waals surface area contributed by atoms with Crippen molar-refractivity contribution in [3.05, 3.63) is 84.2 Å². The number of ketones is 1. The molecule has 3 aliphatic rings. The topological polar surface area (TPSA) is 139 Å². The summed E-state index contributed by atoms with van der Waals surface area (Å²) in [6.07, 6.45) is 5.84. The smallest absolute Gasteiger partial charge is 0.320 e. The van der Waals surface area contributed by atoms with Crippen LogP contribution in [0.3, 0.4) is 0 Å². The van der Waals surface area contributed by atoms with Crippen LogP contribution in [-0.2, 0) is 11.3 Å². The molecule has 276 valence electrons. The molecule has 0 amide bonds. The Labute approximate surface area is 306 Å². The monoisotopic (exact) mass is 710 g/mol. The number of Topliss-reactive ketones (excluding diaryl/α,β-unsaturated/α-hetero) is 1. The number of hydrogen-bond donors (Lipinski definition) is 2. The lowest BCUT2D eigenvalue weighted by Gasteiger charge is -2.58. The number of piperidine rings is 3. The second kappa shape index (κ2) is 16.3. The van der Waals surface area contributed by atoms with E-state index in [1.807, 2.05) is 57.2 Å². The van der Waals surface area contributed by atoms with E-state index < -0.39 is 12.0 Å². The van der Waals surface area contributed by atoms with Crippen molar-refractivity contribution in [1.29, 1.82) is 0 Å². The molecule has 5 heterocycles. The van der Waals surface area contributed by atoms with Gasteiger partial charge in [0.2, 0.25) is 5.88 Å². The van der Waals surface area contributed by atoms with Crippen molar-refractivity contribution < 1.29 is 33.3 Å². The van der Waals surface area contributed by atoms with Crippen molar-refractivity contribution in [3.63, 3.8) is 0 Å². The molecule has 7 rings (SSSR count). The van der Waals surface area contributed by atoms with Gasteiger partial charge < -0.3 is 34.3 Å². The molecule has 6 atom stereocenters. The fraction of sp³-hybridized carbons (Fsp3) is 0.463. The number of pyridine rings is 1. The van der Waals surface area contributed by atoms with Gasteiger partial charge in [-0.1, -0.05) is 13.0 Å². The van der Waals surface area contributed by atoms with E-state index in [9.17, 15) is 9.90 Å². The maximum Gasteiger partial charge on any atom is 0.320 e. The van der Waals surface area contributed by atoms with Gasteiger partial charge in [0.1, 0.15) is 41.7 Å². The van der Waals surface area contributed by atoms with Gasteiger partial charge in [-0.05, 0) is 79.8 Å². The summed E-state index contributed by atoms with van der Waals surface area (Å²) in [5.41, 5.74) is 10.0. The summed E-state index contributed by atoms with van der Waals surface area (Å²) in [6, 6.07) is 15.2. The Morgan fingerprint density at radius 1 is 1.04 bits per heavy atom. The first-order chi connectivity index (χ1) is 25.2. The Kier molecular flexibility index (Phi) is 11.6. The van der Waals surface area contributed by atoms with Crippen LogP contribution in [0.15, 0.2) is 67.4 Å². The highest BCUT2D eigenvalue weighted by Crippen LogP contribution is 2.48. The lowest BCUT2D eigenvalue weighted by molar-refractivity contribution is -0.985. The molecule has 4 aromatic rings. The molecule has 0 radical (unpaired) electrons. The van der Waals surface area contributed by atoms with Crippen LogP contribution in [-0.4, -0.2) is 76.4 Å². The number of carbonyl (C=O) groups excluding carboxylic acids is 1. The number of methoxy groups -OCH3 is 1. The van der Waals surface area contributed by atoms with E-state index in [-0.39, 0.29) is 11.8 Å². The van der Waals surface area contributed by atoms with Gasteiger partial charge in [-0.3, -0.25) is 9.78 Å². The molecule has 11 nitrogen and oxygen atoms in total. The largest absolute Gasteiger partial charge is 0.497 e. The Balaban J connectivity index is 1.27. The van der Waals surface area contributed by atoms with Crippen LogP contribution in [0.5, 0.6) is 23.4 Å². The number of hydrogen-bond acceptors (Lipinski definition) is 10. The van der Waals surface area contributed by atoms with Gasteiger partial charge in [-0.2, -0.15) is 9.97 Å². The van der Waals surface area contributed by atoms with Gasteiger partial charge in [-0.25, -0.2) is 0 Å². The SMILES string of the molecule is C=CC1C[N+]2(Cc3cc(OCC)nc(OCC)n3)CCC1CC2C(O)c1ccnc2ccc(OCCC(C(=O)CC)c3cc(OC)ccc3N)cc12. The Morgan fingerprint density at radius 3 is 2.60 bits per heavy atom. The van der Waals surface area contributed by atoms with E-state index in [0.29, 0.717) is 84.6 Å². The van der Waals surface area contributed by atoms with Gasteiger partial charge in [-0.15, -0.1) is 6.58 Å². The summed E-state index contributed by atoms with van der Waals surface area (Å²) < 4.78 is 23.9. The number of aliphatic hydroxyl groups excluding tert-OH is 1. The fourth-order valence-corrected chi connectivity index (χ4v) is 8.36. The normalized spacial score (nSPS) is 22.1. The number of quaternary nitrogens is 1. The first-order valence-electron chi connectivity index (χ1n) is 18.5. The maximum atomic E-state index is 13.1. The number of aliphatic hydroxyl groups is 1. The molecule has 3 fully saturated rings. The molecule has 3 aliphatic heterocycles. The average Bonchev–Trinajstić information content (AvgIpc) is 3.16. The number of ether oxygens (including phenoxy) is 4. The molecule has 3 saturated heterocycles. The molecule has 2 bridgehead atoms. The molecule has 2 aromatic carbocycles. The number of anilines is 1. The summed E-state index contributed by atoms with van der Waals surface area (Å²) in [7, 11) is 1.60. The molecule has 0 aliphatic carbocycles. The minimum Gasteiger partial charge on any atom is -0.497 e. The van der Waals surface area contributed by atoms with Crippen molar-refractivity contribution in [2.24, 2.45) is 11.8 Å². The third kappa shape index (κ3) is 7.71. The van der Waals surface area contributed by atoms with Crippen LogP contribution in [0.1, 0.15) is 75.3 Å². The van der Waals surface area contributed by atoms with E-state index in [4.69, 9.17) is 29.7 Å². The molecule has 11 heteroatoms. The highest BCUT2D eigenvalue weighted by atomic mass is 16.5. The second-order valence-corrected chi connectivity index (χ2v) is 13.9. The lowest BCUT2D eigenvalue weighted by Crippen LogP contribution is -2.67. The quantitative estimate of drug-likeness (QED) is 0.0701. The highest BCUT2D eigenvalue weighted by molar-refractivity contribution is 5.87. The van der Waals surface area contributed by atoms with Crippen LogP contribution < -0.4 is 24.7 Å². The number of benzene rings is 2. The van der Waals surface area contributed by atoms with Crippen molar-refractivity contribution in [3.8, 4) is 23.4 Å². The lowest BCUT2D eigenvalue weighted by atomic mass is 9.71. The molecule has 2 aromatic heterocycles. The van der Waals surface area contributed by atoms with Gasteiger partial charge in [0.05, 0.1) is 45.5 Å². The summed E-state index contributed by atoms with van der Waals surface area (Å²) in [6.45, 7) is 13.5. The van der Waals surface area contributed by atoms with Crippen LogP contribution in [0.4, 0.5) is 5.69 Å². The molecule has 52 heavy (non-hydrogen) atoms. The first-order valence-corrected chi connectivity index (χ1v) is 18.5. The van der Waals surface area contributed by atoms with Gasteiger partial charge in [0.25, 0.3) is 0 Å². The van der Waals surface area contributed by atoms with Gasteiger partial charge >= 0.3 is 6.01 Å². The minimum atomic E-state index is -0.767. The van der Waals surface area contributed by atoms with Gasteiger partial charge in [0.15, 0.2) is 0 Å². The minimum absolute atomic E-state index is 0.0830. The number of nitrogens with two attached hydrogens (primary N) is 1. The fourth-order valence-electron chi connectivity index (χ4n) is 8.36. The Morgan fingerprint density at radius 2 is 1.85 bits per heavy atom. The summed E-state index contributed by atoms with van der Waals surface area (Å²) in [4.78, 5) is 26.9. The standard InChI is InChI=1S/C41H52N5O6/c1-6-26-24-46(25-28-21-39(50-8-3)45-41(44-28)51-9-4)18-15-27(26)20-37(46)40(48)32-14-17-43-36-13-11-30(23-34(32)36)52-19-16-31(38(47)7-2)33-22-29(49-5)10-12-35(33)42/h6,10-14,17,21-23,26-27,31,37,40,48H,1,7-9,15-16,18-20,24-25,42H2,2-5H3/q+1. The van der Waals surface area contributed by atoms with E-state index in [0.717, 1.165) is 53.7 Å². The van der Waals surface area contributed by atoms with E-state index >= 15 is 0 Å². The Bertz CT molecular complexity index is 1860. The van der Waals surface area contributed by atoms with Crippen molar-refractivity contribution in [1.82, 2.24) is 15.0 Å². The van der Waals surface area contributed by atoms with Gasteiger partial charge in [0, 0.05) is 54.4 Å². The molecule has 6 unspecified atom stereocenters. The van der Waals surface area contributed by atoms with Crippen molar-refractivity contribution >= 4 is 22.4 Å². The predicted octanol–water partition coefficient (Wildman–Crippen LogP) is 6.59. The third-order valence-electron chi connectivity index (χ3n) is 11.0. The number of carbonyl (C=O) groups is 1. The van der Waals surface area contributed by atoms with Crippen LogP contribution in [0, 0.1) is 11.8 Å². The van der Waals surface area contributed by atoms with Crippen molar-refractivity contribution in [2.45, 2.75) is 71.1 Å². The maximum absolute atomic E-state index is 13.1. The van der Waals surface area contributed by atoms with E-state index in [1.54, 1.807) is 25.4 Å². The second-order valence-electron chi connectivity index (χ2n) is 13.9. The zero-order chi connectivity index (χ0) is 36.8. The molecular formula is C41H52N5O6+. The zero-order valence-corrected chi connectivity index (χ0v) is 30.8. The van der Waals surface area contributed by atoms with E-state index in [1.165, 1.54) is 0 Å². The molecule has 3 N–H and O–H groups in total. The van der Waals surface area contributed by atoms with E-state index in [2.05, 4.69) is 22.6 Å². The summed E-state index contributed by atoms with van der Waals surface area (Å²) in [5.74, 6) is 2.26. The van der Waals surface area contributed by atoms with Crippen LogP contribution in [0.2, 0.25) is 0 Å². The Hall–Kier alpha value is -4.74. The number of aromatic nitrogens is 3.